The molecule has 2 N–H and O–H groups in total. The monoisotopic (exact) mass is 368 g/mol. The van der Waals surface area contributed by atoms with Gasteiger partial charge in [0.15, 0.2) is 0 Å². The zero-order valence-corrected chi connectivity index (χ0v) is 15.8. The third kappa shape index (κ3) is 5.55. The van der Waals surface area contributed by atoms with E-state index >= 15 is 0 Å². The number of hydrogen-bond donors (Lipinski definition) is 2. The number of hydrogen-bond acceptors (Lipinski definition) is 4. The van der Waals surface area contributed by atoms with Crippen molar-refractivity contribution in [3.8, 4) is 5.75 Å². The van der Waals surface area contributed by atoms with Gasteiger partial charge in [0, 0.05) is 12.6 Å². The maximum absolute atomic E-state index is 11.4. The summed E-state index contributed by atoms with van der Waals surface area (Å²) in [6.07, 6.45) is 2.57. The summed E-state index contributed by atoms with van der Waals surface area (Å²) in [5.74, 6) is 0.149. The third-order valence-electron chi connectivity index (χ3n) is 5.17. The molecule has 0 aliphatic carbocycles. The largest absolute Gasteiger partial charge is 0.489 e. The molecule has 0 bridgehead atoms. The SMILES string of the molecule is CNC(Cc1ccc(OCc2ccccc2)cc1)CN1CCCC1C(=O)O. The molecule has 0 aromatic heterocycles. The number of rotatable bonds is 9. The van der Waals surface area contributed by atoms with Crippen LogP contribution in [0.4, 0.5) is 0 Å². The van der Waals surface area contributed by atoms with Gasteiger partial charge in [0.25, 0.3) is 0 Å². The fraction of sp³-hybridized carbons (Fsp3) is 0.409. The molecule has 0 saturated carbocycles. The van der Waals surface area contributed by atoms with E-state index in [-0.39, 0.29) is 12.1 Å². The van der Waals surface area contributed by atoms with Crippen molar-refractivity contribution >= 4 is 5.97 Å². The number of nitrogens with zero attached hydrogens (tertiary/aromatic N) is 1. The van der Waals surface area contributed by atoms with E-state index in [9.17, 15) is 9.90 Å². The highest BCUT2D eigenvalue weighted by Crippen LogP contribution is 2.19. The van der Waals surface area contributed by atoms with Crippen molar-refractivity contribution in [1.29, 1.82) is 0 Å². The van der Waals surface area contributed by atoms with E-state index in [0.29, 0.717) is 6.61 Å². The molecule has 3 rings (SSSR count). The molecular weight excluding hydrogens is 340 g/mol. The van der Waals surface area contributed by atoms with Crippen molar-refractivity contribution in [3.05, 3.63) is 65.7 Å². The minimum Gasteiger partial charge on any atom is -0.489 e. The van der Waals surface area contributed by atoms with Gasteiger partial charge in [-0.3, -0.25) is 9.69 Å². The minimum atomic E-state index is -0.706. The summed E-state index contributed by atoms with van der Waals surface area (Å²) < 4.78 is 5.84. The molecule has 1 aliphatic rings. The maximum atomic E-state index is 11.4. The van der Waals surface area contributed by atoms with E-state index in [1.807, 2.05) is 37.4 Å². The lowest BCUT2D eigenvalue weighted by Gasteiger charge is -2.26. The summed E-state index contributed by atoms with van der Waals surface area (Å²) >= 11 is 0. The maximum Gasteiger partial charge on any atom is 0.320 e. The van der Waals surface area contributed by atoms with Crippen molar-refractivity contribution in [1.82, 2.24) is 10.2 Å². The van der Waals surface area contributed by atoms with Crippen molar-refractivity contribution < 1.29 is 14.6 Å². The number of aliphatic carboxylic acids is 1. The average Bonchev–Trinajstić information content (AvgIpc) is 3.16. The Morgan fingerprint density at radius 1 is 1.19 bits per heavy atom. The van der Waals surface area contributed by atoms with Gasteiger partial charge in [-0.15, -0.1) is 0 Å². The first-order valence-corrected chi connectivity index (χ1v) is 9.55. The Bertz CT molecular complexity index is 718. The molecule has 1 fully saturated rings. The predicted octanol–water partition coefficient (Wildman–Crippen LogP) is 2.95. The number of carboxylic acids is 1. The Morgan fingerprint density at radius 2 is 1.93 bits per heavy atom. The Balaban J connectivity index is 1.52. The van der Waals surface area contributed by atoms with E-state index < -0.39 is 5.97 Å². The average molecular weight is 368 g/mol. The van der Waals surface area contributed by atoms with Crippen LogP contribution in [0.15, 0.2) is 54.6 Å². The first kappa shape index (κ1) is 19.4. The molecule has 5 nitrogen and oxygen atoms in total. The zero-order chi connectivity index (χ0) is 19.1. The lowest BCUT2D eigenvalue weighted by Crippen LogP contribution is -2.45. The van der Waals surface area contributed by atoms with Crippen LogP contribution in [0.5, 0.6) is 5.75 Å². The summed E-state index contributed by atoms with van der Waals surface area (Å²) in [7, 11) is 1.94. The Morgan fingerprint density at radius 3 is 2.59 bits per heavy atom. The van der Waals surface area contributed by atoms with E-state index in [0.717, 1.165) is 43.7 Å². The van der Waals surface area contributed by atoms with Gasteiger partial charge < -0.3 is 15.2 Å². The van der Waals surface area contributed by atoms with Crippen molar-refractivity contribution in [3.63, 3.8) is 0 Å². The smallest absolute Gasteiger partial charge is 0.320 e. The van der Waals surface area contributed by atoms with Crippen LogP contribution < -0.4 is 10.1 Å². The second-order valence-electron chi connectivity index (χ2n) is 7.10. The molecule has 27 heavy (non-hydrogen) atoms. The summed E-state index contributed by atoms with van der Waals surface area (Å²) in [4.78, 5) is 13.4. The zero-order valence-electron chi connectivity index (χ0n) is 15.8. The van der Waals surface area contributed by atoms with E-state index in [2.05, 4.69) is 34.5 Å². The second-order valence-corrected chi connectivity index (χ2v) is 7.10. The molecule has 0 amide bonds. The molecule has 1 aliphatic heterocycles. The number of carbonyl (C=O) groups is 1. The summed E-state index contributed by atoms with van der Waals surface area (Å²) in [5, 5.41) is 12.7. The Labute approximate surface area is 161 Å². The van der Waals surface area contributed by atoms with Gasteiger partial charge in [0.1, 0.15) is 18.4 Å². The molecule has 1 heterocycles. The predicted molar refractivity (Wildman–Crippen MR) is 106 cm³/mol. The van der Waals surface area contributed by atoms with Crippen LogP contribution in [-0.2, 0) is 17.8 Å². The second kappa shape index (κ2) is 9.53. The van der Waals surface area contributed by atoms with E-state index in [1.54, 1.807) is 0 Å². The number of ether oxygens (including phenoxy) is 1. The van der Waals surface area contributed by atoms with Crippen LogP contribution >= 0.6 is 0 Å². The van der Waals surface area contributed by atoms with Crippen LogP contribution in [0.1, 0.15) is 24.0 Å². The summed E-state index contributed by atoms with van der Waals surface area (Å²) in [6, 6.07) is 18.2. The molecule has 0 spiro atoms. The minimum absolute atomic E-state index is 0.223. The van der Waals surface area contributed by atoms with E-state index in [4.69, 9.17) is 4.74 Å². The van der Waals surface area contributed by atoms with Crippen LogP contribution in [-0.4, -0.2) is 48.2 Å². The van der Waals surface area contributed by atoms with E-state index in [1.165, 1.54) is 5.56 Å². The lowest BCUT2D eigenvalue weighted by atomic mass is 10.0. The first-order valence-electron chi connectivity index (χ1n) is 9.55. The van der Waals surface area contributed by atoms with Gasteiger partial charge in [-0.2, -0.15) is 0 Å². The summed E-state index contributed by atoms with van der Waals surface area (Å²) in [5.41, 5.74) is 2.36. The standard InChI is InChI=1S/C22H28N2O3/c1-23-19(15-24-13-5-8-21(24)22(25)26)14-17-9-11-20(12-10-17)27-16-18-6-3-2-4-7-18/h2-4,6-7,9-12,19,21,23H,5,8,13-16H2,1H3,(H,25,26). The molecule has 2 atom stereocenters. The molecule has 2 aromatic carbocycles. The Hall–Kier alpha value is -2.37. The van der Waals surface area contributed by atoms with Gasteiger partial charge in [-0.1, -0.05) is 42.5 Å². The fourth-order valence-electron chi connectivity index (χ4n) is 3.61. The van der Waals surface area contributed by atoms with Crippen molar-refractivity contribution in [2.75, 3.05) is 20.1 Å². The highest BCUT2D eigenvalue weighted by Gasteiger charge is 2.31. The van der Waals surface area contributed by atoms with Crippen LogP contribution in [0, 0.1) is 0 Å². The first-order chi connectivity index (χ1) is 13.2. The van der Waals surface area contributed by atoms with Crippen molar-refractivity contribution in [2.24, 2.45) is 0 Å². The van der Waals surface area contributed by atoms with Crippen LogP contribution in [0.25, 0.3) is 0 Å². The highest BCUT2D eigenvalue weighted by atomic mass is 16.5. The molecule has 0 radical (unpaired) electrons. The van der Waals surface area contributed by atoms with Gasteiger partial charge in [0.05, 0.1) is 0 Å². The number of likely N-dealkylation sites (tertiary alicyclic amines) is 1. The lowest BCUT2D eigenvalue weighted by molar-refractivity contribution is -0.142. The fourth-order valence-corrected chi connectivity index (χ4v) is 3.61. The van der Waals surface area contributed by atoms with Gasteiger partial charge in [-0.05, 0) is 56.1 Å². The Kier molecular flexibility index (Phi) is 6.85. The number of benzene rings is 2. The van der Waals surface area contributed by atoms with Gasteiger partial charge >= 0.3 is 5.97 Å². The molecular formula is C22H28N2O3. The number of carboxylic acid groups (broad SMARTS) is 1. The molecule has 2 unspecified atom stereocenters. The van der Waals surface area contributed by atoms with Crippen LogP contribution in [0.3, 0.4) is 0 Å². The van der Waals surface area contributed by atoms with Crippen molar-refractivity contribution in [2.45, 2.75) is 38.0 Å². The number of nitrogens with one attached hydrogen (secondary N) is 1. The topological polar surface area (TPSA) is 61.8 Å². The normalized spacial score (nSPS) is 18.3. The molecule has 144 valence electrons. The third-order valence-corrected chi connectivity index (χ3v) is 5.17. The molecule has 2 aromatic rings. The molecule has 1 saturated heterocycles. The molecule has 5 heteroatoms. The van der Waals surface area contributed by atoms with Crippen LogP contribution in [0.2, 0.25) is 0 Å². The highest BCUT2D eigenvalue weighted by molar-refractivity contribution is 5.73. The van der Waals surface area contributed by atoms with Gasteiger partial charge in [0.2, 0.25) is 0 Å². The summed E-state index contributed by atoms with van der Waals surface area (Å²) in [6.45, 7) is 2.17. The number of likely N-dealkylation sites (N-methyl/N-ethyl adjacent to an activating group) is 1. The quantitative estimate of drug-likeness (QED) is 0.713. The van der Waals surface area contributed by atoms with Gasteiger partial charge in [-0.25, -0.2) is 0 Å².